The van der Waals surface area contributed by atoms with Crippen LogP contribution in [0.25, 0.3) is 5.69 Å². The number of ether oxygens (including phenoxy) is 1. The van der Waals surface area contributed by atoms with Crippen LogP contribution in [0.3, 0.4) is 0 Å². The van der Waals surface area contributed by atoms with Crippen molar-refractivity contribution in [3.63, 3.8) is 0 Å². The third kappa shape index (κ3) is 2.72. The van der Waals surface area contributed by atoms with Crippen molar-refractivity contribution in [2.75, 3.05) is 6.61 Å². The molecule has 0 fully saturated rings. The molecule has 122 valence electrons. The predicted molar refractivity (Wildman–Crippen MR) is 66.0 cm³/mol. The Kier molecular flexibility index (Phi) is 4.29. The average Bonchev–Trinajstić information content (AvgIpc) is 2.96. The quantitative estimate of drug-likeness (QED) is 0.282. The number of rotatable bonds is 4. The second-order valence-corrected chi connectivity index (χ2v) is 4.08. The van der Waals surface area contributed by atoms with E-state index in [0.717, 1.165) is 12.3 Å². The van der Waals surface area contributed by atoms with Crippen LogP contribution in [-0.4, -0.2) is 27.3 Å². The summed E-state index contributed by atoms with van der Waals surface area (Å²) in [6, 6.07) is 0.772. The van der Waals surface area contributed by atoms with Crippen molar-refractivity contribution in [1.82, 2.24) is 9.78 Å². The number of hydrogen-bond donors (Lipinski definition) is 0. The largest absolute Gasteiger partial charge is 0.462 e. The van der Waals surface area contributed by atoms with Gasteiger partial charge < -0.3 is 14.9 Å². The first-order valence-electron chi connectivity index (χ1n) is 6.03. The van der Waals surface area contributed by atoms with Crippen LogP contribution >= 0.6 is 0 Å². The van der Waals surface area contributed by atoms with E-state index in [2.05, 4.69) is 9.84 Å². The highest BCUT2D eigenvalue weighted by Crippen LogP contribution is 2.28. The summed E-state index contributed by atoms with van der Waals surface area (Å²) in [6.45, 7) is 1.06. The predicted octanol–water partition coefficient (Wildman–Crippen LogP) is 2.51. The third-order valence-corrected chi connectivity index (χ3v) is 2.71. The van der Waals surface area contributed by atoms with Crippen LogP contribution in [0.2, 0.25) is 0 Å². The molecule has 0 aliphatic carbocycles. The van der Waals surface area contributed by atoms with Crippen molar-refractivity contribution in [1.29, 1.82) is 0 Å². The minimum Gasteiger partial charge on any atom is -0.462 e. The number of benzene rings is 1. The molecule has 0 saturated carbocycles. The fourth-order valence-corrected chi connectivity index (χ4v) is 1.74. The van der Waals surface area contributed by atoms with E-state index in [0.29, 0.717) is 0 Å². The maximum absolute atomic E-state index is 14.0. The first kappa shape index (κ1) is 16.4. The molecule has 1 heterocycles. The molecule has 11 heteroatoms. The lowest BCUT2D eigenvalue weighted by Crippen LogP contribution is -2.16. The van der Waals surface area contributed by atoms with Crippen LogP contribution in [0.5, 0.6) is 0 Å². The van der Waals surface area contributed by atoms with E-state index in [9.17, 15) is 32.5 Å². The molecule has 0 atom stereocenters. The summed E-state index contributed by atoms with van der Waals surface area (Å²) in [7, 11) is 0. The minimum absolute atomic E-state index is 0.254. The normalized spacial score (nSPS) is 10.7. The van der Waals surface area contributed by atoms with Crippen molar-refractivity contribution in [3.8, 4) is 5.69 Å². The Morgan fingerprint density at radius 2 is 1.83 bits per heavy atom. The molecule has 1 aromatic carbocycles. The molecule has 0 amide bonds. The van der Waals surface area contributed by atoms with Crippen molar-refractivity contribution < 1.29 is 32.0 Å². The fourth-order valence-electron chi connectivity index (χ4n) is 1.74. The van der Waals surface area contributed by atoms with Gasteiger partial charge in [0.2, 0.25) is 0 Å². The Bertz CT molecular complexity index is 777. The molecule has 1 aromatic heterocycles. The summed E-state index contributed by atoms with van der Waals surface area (Å²) in [5.41, 5.74) is -2.87. The van der Waals surface area contributed by atoms with Crippen molar-refractivity contribution in [3.05, 3.63) is 51.2 Å². The molecule has 0 aliphatic rings. The highest BCUT2D eigenvalue weighted by atomic mass is 19.2. The van der Waals surface area contributed by atoms with Gasteiger partial charge in [-0.25, -0.2) is 22.4 Å². The van der Waals surface area contributed by atoms with Gasteiger partial charge in [-0.3, -0.25) is 0 Å². The van der Waals surface area contributed by atoms with Gasteiger partial charge in [0.15, 0.2) is 29.0 Å². The van der Waals surface area contributed by atoms with Gasteiger partial charge in [-0.2, -0.15) is 0 Å². The van der Waals surface area contributed by atoms with E-state index in [4.69, 9.17) is 0 Å². The zero-order chi connectivity index (χ0) is 17.3. The standard InChI is InChI=1S/C12H7F4N3O4/c1-2-23-12(20)6-7(13)9(15)11(10(16)8(6)14)18-4-3-5(17-18)19(21)22/h3-4H,2H2,1H3. The summed E-state index contributed by atoms with van der Waals surface area (Å²) >= 11 is 0. The molecular formula is C12H7F4N3O4. The molecule has 7 nitrogen and oxygen atoms in total. The number of nitro groups is 1. The number of esters is 1. The first-order valence-corrected chi connectivity index (χ1v) is 6.03. The summed E-state index contributed by atoms with van der Waals surface area (Å²) < 4.78 is 60.3. The summed E-state index contributed by atoms with van der Waals surface area (Å²) in [5, 5.41) is 13.7. The van der Waals surface area contributed by atoms with Crippen molar-refractivity contribution in [2.24, 2.45) is 0 Å². The van der Waals surface area contributed by atoms with E-state index in [1.807, 2.05) is 0 Å². The second kappa shape index (κ2) is 6.02. The minimum atomic E-state index is -1.99. The highest BCUT2D eigenvalue weighted by molar-refractivity contribution is 5.90. The molecule has 23 heavy (non-hydrogen) atoms. The molecule has 2 aromatic rings. The molecular weight excluding hydrogens is 326 g/mol. The lowest BCUT2D eigenvalue weighted by Gasteiger charge is -2.09. The summed E-state index contributed by atoms with van der Waals surface area (Å²) in [4.78, 5) is 20.9. The van der Waals surface area contributed by atoms with E-state index < -0.39 is 51.2 Å². The van der Waals surface area contributed by atoms with Gasteiger partial charge in [0.05, 0.1) is 24.0 Å². The molecule has 0 saturated heterocycles. The number of halogens is 4. The van der Waals surface area contributed by atoms with Crippen LogP contribution in [-0.2, 0) is 4.74 Å². The summed E-state index contributed by atoms with van der Waals surface area (Å²) in [6.07, 6.45) is 0.739. The Labute approximate surface area is 125 Å². The van der Waals surface area contributed by atoms with E-state index >= 15 is 0 Å². The lowest BCUT2D eigenvalue weighted by atomic mass is 10.1. The summed E-state index contributed by atoms with van der Waals surface area (Å²) in [5.74, 6) is -10.2. The highest BCUT2D eigenvalue weighted by Gasteiger charge is 2.32. The number of nitrogens with zero attached hydrogens (tertiary/aromatic N) is 3. The molecule has 0 N–H and O–H groups in total. The molecule has 2 rings (SSSR count). The maximum atomic E-state index is 14.0. The molecule has 0 bridgehead atoms. The van der Waals surface area contributed by atoms with Crippen molar-refractivity contribution in [2.45, 2.75) is 6.92 Å². The zero-order valence-electron chi connectivity index (χ0n) is 11.3. The van der Waals surface area contributed by atoms with Gasteiger partial charge in [-0.05, 0) is 11.8 Å². The lowest BCUT2D eigenvalue weighted by molar-refractivity contribution is -0.389. The van der Waals surface area contributed by atoms with Crippen LogP contribution < -0.4 is 0 Å². The van der Waals surface area contributed by atoms with Gasteiger partial charge in [0.25, 0.3) is 0 Å². The maximum Gasteiger partial charge on any atom is 0.390 e. The van der Waals surface area contributed by atoms with Gasteiger partial charge in [-0.1, -0.05) is 0 Å². The number of hydrogen-bond acceptors (Lipinski definition) is 5. The van der Waals surface area contributed by atoms with Gasteiger partial charge in [-0.15, -0.1) is 4.68 Å². The monoisotopic (exact) mass is 333 g/mol. The SMILES string of the molecule is CCOC(=O)c1c(F)c(F)c(-n2ccc([N+](=O)[O-])n2)c(F)c1F. The number of carbonyl (C=O) groups is 1. The molecule has 0 spiro atoms. The van der Waals surface area contributed by atoms with Crippen LogP contribution in [0.15, 0.2) is 12.3 Å². The number of carbonyl (C=O) groups excluding carboxylic acids is 1. The van der Waals surface area contributed by atoms with Gasteiger partial charge >= 0.3 is 11.8 Å². The van der Waals surface area contributed by atoms with Crippen molar-refractivity contribution >= 4 is 11.8 Å². The second-order valence-electron chi connectivity index (χ2n) is 4.08. The Hall–Kier alpha value is -2.98. The van der Waals surface area contributed by atoms with E-state index in [1.165, 1.54) is 6.92 Å². The number of aromatic nitrogens is 2. The third-order valence-electron chi connectivity index (χ3n) is 2.71. The van der Waals surface area contributed by atoms with Gasteiger partial charge in [0, 0.05) is 0 Å². The Morgan fingerprint density at radius 1 is 1.26 bits per heavy atom. The molecule has 0 unspecified atom stereocenters. The zero-order valence-corrected chi connectivity index (χ0v) is 11.3. The molecule has 0 radical (unpaired) electrons. The average molecular weight is 333 g/mol. The van der Waals surface area contributed by atoms with Crippen LogP contribution in [0.1, 0.15) is 17.3 Å². The smallest absolute Gasteiger partial charge is 0.390 e. The van der Waals surface area contributed by atoms with E-state index in [-0.39, 0.29) is 11.3 Å². The van der Waals surface area contributed by atoms with E-state index in [1.54, 1.807) is 0 Å². The first-order chi connectivity index (χ1) is 10.8. The Balaban J connectivity index is 2.67. The fraction of sp³-hybridized carbons (Fsp3) is 0.167. The molecule has 0 aliphatic heterocycles. The topological polar surface area (TPSA) is 87.3 Å². The van der Waals surface area contributed by atoms with Crippen LogP contribution in [0.4, 0.5) is 23.4 Å². The Morgan fingerprint density at radius 3 is 2.26 bits per heavy atom. The van der Waals surface area contributed by atoms with Gasteiger partial charge in [0.1, 0.15) is 5.56 Å². The van der Waals surface area contributed by atoms with Crippen LogP contribution in [0, 0.1) is 33.4 Å².